The quantitative estimate of drug-likeness (QED) is 0.115. The predicted octanol–water partition coefficient (Wildman–Crippen LogP) is 2.60. The first-order valence-corrected chi connectivity index (χ1v) is 25.9. The van der Waals surface area contributed by atoms with E-state index >= 15 is 0 Å². The van der Waals surface area contributed by atoms with Crippen molar-refractivity contribution in [2.75, 3.05) is 27.2 Å². The summed E-state index contributed by atoms with van der Waals surface area (Å²) in [4.78, 5) is 114. The van der Waals surface area contributed by atoms with E-state index in [9.17, 15) is 38.4 Å². The normalized spacial score (nSPS) is 23.5. The summed E-state index contributed by atoms with van der Waals surface area (Å²) in [6, 6.07) is 9.18. The molecule has 2 aliphatic heterocycles. The minimum absolute atomic E-state index is 0.00581. The molecular formula is C54H80N10O8. The van der Waals surface area contributed by atoms with Gasteiger partial charge in [0.25, 0.3) is 0 Å². The number of likely N-dealkylation sites (tertiary alicyclic amines) is 2. The van der Waals surface area contributed by atoms with Crippen molar-refractivity contribution in [3.63, 3.8) is 0 Å². The molecule has 2 heterocycles. The van der Waals surface area contributed by atoms with E-state index in [0.29, 0.717) is 0 Å². The molecule has 2 fully saturated rings. The van der Waals surface area contributed by atoms with E-state index in [4.69, 9.17) is 0 Å². The molecule has 2 aliphatic carbocycles. The SMILES string of the molecule is CN[C@@H](C)C(=O)N[C@H](C(=O)N1C[C@@H](NC(=O)CCC(=O)N[C@H]2C[C@@H](C(=O)N[C@@H]3CCCc4ccccc43)N(C(=O)[C@@H](NC(=O)[C@H](C)NC)C(C)(C)C)C2)C[C@H]1C(=O)N[C@@H]1CCCc2ccccc21)C(C)(C)C. The minimum atomic E-state index is -0.985. The number of fused-ring (bicyclic) bond motifs is 2. The second kappa shape index (κ2) is 23.8. The molecule has 18 heteroatoms. The summed E-state index contributed by atoms with van der Waals surface area (Å²) in [5, 5.41) is 24.0. The van der Waals surface area contributed by atoms with Crippen LogP contribution in [0.2, 0.25) is 0 Å². The van der Waals surface area contributed by atoms with Gasteiger partial charge < -0.3 is 52.3 Å². The van der Waals surface area contributed by atoms with Gasteiger partial charge in [0.05, 0.1) is 24.2 Å². The Morgan fingerprint density at radius 3 is 1.26 bits per heavy atom. The summed E-state index contributed by atoms with van der Waals surface area (Å²) < 4.78 is 0. The third-order valence-electron chi connectivity index (χ3n) is 14.9. The van der Waals surface area contributed by atoms with E-state index in [1.165, 1.54) is 9.80 Å². The summed E-state index contributed by atoms with van der Waals surface area (Å²) in [6.07, 6.45) is 4.87. The van der Waals surface area contributed by atoms with Gasteiger partial charge in [-0.25, -0.2) is 0 Å². The van der Waals surface area contributed by atoms with Crippen molar-refractivity contribution in [3.05, 3.63) is 70.8 Å². The first-order chi connectivity index (χ1) is 34.0. The van der Waals surface area contributed by atoms with Crippen LogP contribution in [0, 0.1) is 10.8 Å². The van der Waals surface area contributed by atoms with Gasteiger partial charge in [-0.15, -0.1) is 0 Å². The Hall–Kier alpha value is -5.88. The van der Waals surface area contributed by atoms with Crippen molar-refractivity contribution in [3.8, 4) is 0 Å². The van der Waals surface area contributed by atoms with E-state index in [2.05, 4.69) is 54.7 Å². The van der Waals surface area contributed by atoms with Gasteiger partial charge in [-0.1, -0.05) is 90.1 Å². The van der Waals surface area contributed by atoms with Crippen molar-refractivity contribution in [1.82, 2.24) is 52.3 Å². The lowest BCUT2D eigenvalue weighted by molar-refractivity contribution is -0.144. The van der Waals surface area contributed by atoms with Gasteiger partial charge in [0, 0.05) is 38.0 Å². The Morgan fingerprint density at radius 1 is 0.556 bits per heavy atom. The number of likely N-dealkylation sites (N-methyl/N-ethyl adjacent to an activating group) is 2. The minimum Gasteiger partial charge on any atom is -0.351 e. The first kappa shape index (κ1) is 55.4. The smallest absolute Gasteiger partial charge is 0.246 e. The van der Waals surface area contributed by atoms with Gasteiger partial charge in [0.1, 0.15) is 24.2 Å². The lowest BCUT2D eigenvalue weighted by Gasteiger charge is -2.36. The molecule has 394 valence electrons. The van der Waals surface area contributed by atoms with Crippen molar-refractivity contribution < 1.29 is 38.4 Å². The maximum atomic E-state index is 14.6. The van der Waals surface area contributed by atoms with E-state index in [1.54, 1.807) is 27.9 Å². The number of benzene rings is 2. The van der Waals surface area contributed by atoms with Crippen LogP contribution >= 0.6 is 0 Å². The van der Waals surface area contributed by atoms with Gasteiger partial charge in [-0.05, 0) is 112 Å². The number of carbonyl (C=O) groups is 8. The molecule has 0 spiro atoms. The number of aryl methyl sites for hydroxylation is 2. The summed E-state index contributed by atoms with van der Waals surface area (Å²) in [7, 11) is 3.30. The Morgan fingerprint density at radius 2 is 0.917 bits per heavy atom. The number of carbonyl (C=O) groups excluding carboxylic acids is 8. The molecule has 0 unspecified atom stereocenters. The largest absolute Gasteiger partial charge is 0.351 e. The number of nitrogens with one attached hydrogen (secondary N) is 8. The molecule has 2 aromatic rings. The molecule has 8 N–H and O–H groups in total. The second-order valence-corrected chi connectivity index (χ2v) is 22.5. The molecule has 2 aromatic carbocycles. The van der Waals surface area contributed by atoms with Crippen LogP contribution in [0.5, 0.6) is 0 Å². The number of amides is 8. The van der Waals surface area contributed by atoms with Gasteiger partial charge >= 0.3 is 0 Å². The van der Waals surface area contributed by atoms with Gasteiger partial charge in [0.2, 0.25) is 47.3 Å². The molecule has 18 nitrogen and oxygen atoms in total. The molecule has 2 saturated heterocycles. The van der Waals surface area contributed by atoms with Crippen molar-refractivity contribution in [2.24, 2.45) is 10.8 Å². The number of nitrogens with zero attached hydrogens (tertiary/aromatic N) is 2. The Kier molecular flexibility index (Phi) is 18.3. The highest BCUT2D eigenvalue weighted by Gasteiger charge is 2.48. The molecule has 0 saturated carbocycles. The van der Waals surface area contributed by atoms with Crippen LogP contribution in [0.15, 0.2) is 48.5 Å². The van der Waals surface area contributed by atoms with Crippen LogP contribution in [0.1, 0.15) is 141 Å². The summed E-state index contributed by atoms with van der Waals surface area (Å²) in [5.41, 5.74) is 2.94. The first-order valence-electron chi connectivity index (χ1n) is 25.9. The topological polar surface area (TPSA) is 239 Å². The monoisotopic (exact) mass is 997 g/mol. The highest BCUT2D eigenvalue weighted by molar-refractivity contribution is 5.96. The molecule has 0 bridgehead atoms. The highest BCUT2D eigenvalue weighted by atomic mass is 16.2. The lowest BCUT2D eigenvalue weighted by Crippen LogP contribution is -2.59. The van der Waals surface area contributed by atoms with Crippen molar-refractivity contribution >= 4 is 47.3 Å². The second-order valence-electron chi connectivity index (χ2n) is 22.5. The summed E-state index contributed by atoms with van der Waals surface area (Å²) in [6.45, 7) is 14.4. The van der Waals surface area contributed by atoms with Gasteiger partial charge in [-0.3, -0.25) is 38.4 Å². The van der Waals surface area contributed by atoms with E-state index in [-0.39, 0.29) is 74.5 Å². The zero-order valence-corrected chi connectivity index (χ0v) is 44.0. The van der Waals surface area contributed by atoms with Gasteiger partial charge in [0.15, 0.2) is 0 Å². The molecule has 6 rings (SSSR count). The Bertz CT molecular complexity index is 2170. The van der Waals surface area contributed by atoms with E-state index < -0.39 is 82.8 Å². The van der Waals surface area contributed by atoms with Crippen LogP contribution in [-0.4, -0.2) is 133 Å². The standard InChI is InChI=1S/C54H80N10O8/c1-31(55-9)47(67)61-45(53(3,4)5)51(71)63-29-35(27-41(63)49(69)59-39-23-15-19-33-17-11-13-21-37(33)39)57-43(65)25-26-44(66)58-36-28-42(50(70)60-40-24-16-20-34-18-12-14-22-38(34)40)64(30-36)52(72)46(54(6,7)8)62-48(68)32(2)56-10/h11-14,17-18,21-22,31-32,35-36,39-42,45-46,55-56H,15-16,19-20,23-30H2,1-10H3,(H,57,65)(H,58,66)(H,59,69)(H,60,70)(H,61,67)(H,62,68)/t31-,32-,35-,36-,39+,40+,41-,42-,45+,46+/m0/s1. The molecular weight excluding hydrogens is 917 g/mol. The summed E-state index contributed by atoms with van der Waals surface area (Å²) >= 11 is 0. The maximum absolute atomic E-state index is 14.6. The fourth-order valence-electron chi connectivity index (χ4n) is 10.5. The Balaban J connectivity index is 1.14. The molecule has 0 aromatic heterocycles. The van der Waals surface area contributed by atoms with Crippen LogP contribution in [0.25, 0.3) is 0 Å². The molecule has 10 atom stereocenters. The fourth-order valence-corrected chi connectivity index (χ4v) is 10.5. The average molecular weight is 997 g/mol. The number of rotatable bonds is 17. The fraction of sp³-hybridized carbons (Fsp3) is 0.630. The third-order valence-corrected chi connectivity index (χ3v) is 14.9. The van der Waals surface area contributed by atoms with E-state index in [0.717, 1.165) is 60.8 Å². The predicted molar refractivity (Wildman–Crippen MR) is 274 cm³/mol. The molecule has 0 radical (unpaired) electrons. The van der Waals surface area contributed by atoms with Crippen molar-refractivity contribution in [2.45, 2.75) is 180 Å². The molecule has 4 aliphatic rings. The molecule has 8 amide bonds. The number of hydrogen-bond acceptors (Lipinski definition) is 10. The van der Waals surface area contributed by atoms with Crippen molar-refractivity contribution in [1.29, 1.82) is 0 Å². The zero-order chi connectivity index (χ0) is 52.7. The third kappa shape index (κ3) is 13.6. The number of hydrogen-bond donors (Lipinski definition) is 8. The summed E-state index contributed by atoms with van der Waals surface area (Å²) in [5.74, 6) is -3.24. The Labute approximate surface area is 425 Å². The highest BCUT2D eigenvalue weighted by Crippen LogP contribution is 2.34. The zero-order valence-electron chi connectivity index (χ0n) is 44.0. The average Bonchev–Trinajstić information content (AvgIpc) is 3.97. The lowest BCUT2D eigenvalue weighted by atomic mass is 9.85. The van der Waals surface area contributed by atoms with E-state index in [1.807, 2.05) is 77.9 Å². The molecule has 72 heavy (non-hydrogen) atoms. The van der Waals surface area contributed by atoms with Crippen LogP contribution < -0.4 is 42.5 Å². The van der Waals surface area contributed by atoms with Gasteiger partial charge in [-0.2, -0.15) is 0 Å². The van der Waals surface area contributed by atoms with Crippen LogP contribution in [0.4, 0.5) is 0 Å². The van der Waals surface area contributed by atoms with Crippen LogP contribution in [0.3, 0.4) is 0 Å². The maximum Gasteiger partial charge on any atom is 0.246 e. The van der Waals surface area contributed by atoms with Crippen LogP contribution in [-0.2, 0) is 51.2 Å².